The molecule has 1 heterocycles. The van der Waals surface area contributed by atoms with E-state index in [2.05, 4.69) is 24.0 Å². The maximum absolute atomic E-state index is 13.6. The number of carbonyl (C=O) groups excluding carboxylic acids is 1. The van der Waals surface area contributed by atoms with Gasteiger partial charge >= 0.3 is 0 Å². The van der Waals surface area contributed by atoms with Crippen LogP contribution in [-0.4, -0.2) is 19.1 Å². The Balaban J connectivity index is 1.51. The Kier molecular flexibility index (Phi) is 2.87. The molecule has 0 aromatic heterocycles. The van der Waals surface area contributed by atoms with Gasteiger partial charge in [0.25, 0.3) is 0 Å². The molecular weight excluding hydrogens is 286 g/mol. The van der Waals surface area contributed by atoms with E-state index in [9.17, 15) is 4.79 Å². The summed E-state index contributed by atoms with van der Waals surface area (Å²) in [6, 6.07) is 6.20. The Bertz CT molecular complexity index is 630. The van der Waals surface area contributed by atoms with Gasteiger partial charge in [0.2, 0.25) is 5.91 Å². The van der Waals surface area contributed by atoms with Crippen LogP contribution in [0, 0.1) is 30.1 Å². The lowest BCUT2D eigenvalue weighted by atomic mass is 9.49. The molecule has 4 bridgehead atoms. The van der Waals surface area contributed by atoms with Crippen molar-refractivity contribution in [3.8, 4) is 5.75 Å². The molecule has 0 N–H and O–H groups in total. The number of carbonyl (C=O) groups is 1. The molecule has 4 aliphatic carbocycles. The summed E-state index contributed by atoms with van der Waals surface area (Å²) in [5.74, 6) is 3.70. The molecule has 0 spiro atoms. The highest BCUT2D eigenvalue weighted by molar-refractivity contribution is 5.99. The molecule has 0 unspecified atom stereocenters. The summed E-state index contributed by atoms with van der Waals surface area (Å²) >= 11 is 0. The Labute approximate surface area is 138 Å². The van der Waals surface area contributed by atoms with Crippen LogP contribution in [0.1, 0.15) is 44.1 Å². The maximum atomic E-state index is 13.6. The van der Waals surface area contributed by atoms with Crippen molar-refractivity contribution in [3.05, 3.63) is 23.8 Å². The molecule has 4 saturated carbocycles. The number of anilines is 1. The number of amides is 1. The molecule has 1 aromatic carbocycles. The quantitative estimate of drug-likeness (QED) is 0.786. The zero-order chi connectivity index (χ0) is 15.6. The van der Waals surface area contributed by atoms with E-state index in [0.29, 0.717) is 19.1 Å². The molecule has 3 nitrogen and oxygen atoms in total. The number of fused-ring (bicyclic) bond motifs is 1. The number of hydrogen-bond acceptors (Lipinski definition) is 2. The third-order valence-corrected chi connectivity index (χ3v) is 6.71. The van der Waals surface area contributed by atoms with Crippen molar-refractivity contribution >= 4 is 11.6 Å². The van der Waals surface area contributed by atoms with E-state index in [1.165, 1.54) is 24.8 Å². The zero-order valence-electron chi connectivity index (χ0n) is 13.9. The van der Waals surface area contributed by atoms with Gasteiger partial charge in [0.15, 0.2) is 0 Å². The molecular formula is C20H25NO2. The van der Waals surface area contributed by atoms with Crippen LogP contribution in [0.25, 0.3) is 0 Å². The Morgan fingerprint density at radius 3 is 2.43 bits per heavy atom. The molecule has 23 heavy (non-hydrogen) atoms. The highest BCUT2D eigenvalue weighted by Gasteiger charge is 2.56. The van der Waals surface area contributed by atoms with Gasteiger partial charge in [-0.05, 0) is 80.9 Å². The number of hydrogen-bond donors (Lipinski definition) is 0. The van der Waals surface area contributed by atoms with Gasteiger partial charge in [-0.3, -0.25) is 4.79 Å². The first-order valence-corrected chi connectivity index (χ1v) is 9.18. The Hall–Kier alpha value is -1.51. The lowest BCUT2D eigenvalue weighted by molar-refractivity contribution is -0.143. The molecule has 5 aliphatic rings. The molecule has 122 valence electrons. The fourth-order valence-electron chi connectivity index (χ4n) is 6.20. The van der Waals surface area contributed by atoms with E-state index in [-0.39, 0.29) is 5.41 Å². The van der Waals surface area contributed by atoms with E-state index >= 15 is 0 Å². The van der Waals surface area contributed by atoms with Crippen LogP contribution in [0.15, 0.2) is 18.2 Å². The van der Waals surface area contributed by atoms with E-state index in [1.807, 2.05) is 6.07 Å². The van der Waals surface area contributed by atoms with Crippen molar-refractivity contribution < 1.29 is 9.53 Å². The van der Waals surface area contributed by atoms with Crippen LogP contribution in [0.5, 0.6) is 5.75 Å². The first kappa shape index (κ1) is 13.9. The van der Waals surface area contributed by atoms with Crippen molar-refractivity contribution in [1.29, 1.82) is 0 Å². The molecule has 3 heteroatoms. The summed E-state index contributed by atoms with van der Waals surface area (Å²) in [6.07, 6.45) is 7.55. The predicted molar refractivity (Wildman–Crippen MR) is 89.6 cm³/mol. The van der Waals surface area contributed by atoms with Gasteiger partial charge in [-0.25, -0.2) is 0 Å². The minimum atomic E-state index is -0.0624. The number of rotatable bonds is 1. The van der Waals surface area contributed by atoms with Crippen LogP contribution < -0.4 is 9.64 Å². The van der Waals surface area contributed by atoms with Crippen molar-refractivity contribution in [2.75, 3.05) is 18.1 Å². The molecule has 1 aromatic rings. The van der Waals surface area contributed by atoms with Crippen LogP contribution in [0.2, 0.25) is 0 Å². The van der Waals surface area contributed by atoms with Crippen LogP contribution in [0.4, 0.5) is 5.69 Å². The first-order valence-electron chi connectivity index (χ1n) is 9.18. The number of ether oxygens (including phenoxy) is 1. The van der Waals surface area contributed by atoms with Crippen LogP contribution >= 0.6 is 0 Å². The number of aryl methyl sites for hydroxylation is 1. The van der Waals surface area contributed by atoms with E-state index in [4.69, 9.17) is 4.74 Å². The summed E-state index contributed by atoms with van der Waals surface area (Å²) in [6.45, 7) is 3.41. The summed E-state index contributed by atoms with van der Waals surface area (Å²) in [5.41, 5.74) is 2.13. The minimum Gasteiger partial charge on any atom is -0.490 e. The smallest absolute Gasteiger partial charge is 0.233 e. The normalized spacial score (nSPS) is 37.4. The van der Waals surface area contributed by atoms with E-state index in [1.54, 1.807) is 0 Å². The van der Waals surface area contributed by atoms with E-state index in [0.717, 1.165) is 48.5 Å². The summed E-state index contributed by atoms with van der Waals surface area (Å²) in [5, 5.41) is 0. The third kappa shape index (κ3) is 2.05. The Morgan fingerprint density at radius 2 is 1.78 bits per heavy atom. The fourth-order valence-corrected chi connectivity index (χ4v) is 6.20. The average Bonchev–Trinajstić information content (AvgIpc) is 2.52. The highest BCUT2D eigenvalue weighted by Crippen LogP contribution is 2.61. The predicted octanol–water partition coefficient (Wildman–Crippen LogP) is 3.94. The molecule has 4 fully saturated rings. The van der Waals surface area contributed by atoms with Gasteiger partial charge < -0.3 is 9.64 Å². The van der Waals surface area contributed by atoms with Crippen molar-refractivity contribution in [2.45, 2.75) is 45.4 Å². The maximum Gasteiger partial charge on any atom is 0.233 e. The molecule has 6 rings (SSSR count). The molecule has 0 atom stereocenters. The van der Waals surface area contributed by atoms with Crippen LogP contribution in [-0.2, 0) is 4.79 Å². The standard InChI is InChI=1S/C20H25NO2/c1-13-2-3-18-17(6-13)21(4-5-23-18)19(22)20-10-14-7-15(11-20)9-16(8-14)12-20/h2-3,6,14-16H,4-5,7-12H2,1H3. The van der Waals surface area contributed by atoms with Gasteiger partial charge in [0.1, 0.15) is 12.4 Å². The first-order chi connectivity index (χ1) is 11.1. The van der Waals surface area contributed by atoms with Gasteiger partial charge in [-0.1, -0.05) is 6.07 Å². The topological polar surface area (TPSA) is 29.5 Å². The van der Waals surface area contributed by atoms with Crippen molar-refractivity contribution in [3.63, 3.8) is 0 Å². The average molecular weight is 311 g/mol. The van der Waals surface area contributed by atoms with Crippen LogP contribution in [0.3, 0.4) is 0 Å². The van der Waals surface area contributed by atoms with Gasteiger partial charge in [0, 0.05) is 0 Å². The number of nitrogens with zero attached hydrogens (tertiary/aromatic N) is 1. The SMILES string of the molecule is Cc1ccc2c(c1)N(C(=O)C13CC4CC(CC(C4)C1)C3)CCO2. The molecule has 1 aliphatic heterocycles. The second-order valence-electron chi connectivity index (χ2n) is 8.47. The molecule has 0 saturated heterocycles. The Morgan fingerprint density at radius 1 is 1.13 bits per heavy atom. The second kappa shape index (κ2) is 4.75. The van der Waals surface area contributed by atoms with Crippen molar-refractivity contribution in [1.82, 2.24) is 0 Å². The van der Waals surface area contributed by atoms with E-state index < -0.39 is 0 Å². The summed E-state index contributed by atoms with van der Waals surface area (Å²) in [4.78, 5) is 15.7. The third-order valence-electron chi connectivity index (χ3n) is 6.71. The highest BCUT2D eigenvalue weighted by atomic mass is 16.5. The monoisotopic (exact) mass is 311 g/mol. The molecule has 1 amide bonds. The second-order valence-corrected chi connectivity index (χ2v) is 8.47. The van der Waals surface area contributed by atoms with Gasteiger partial charge in [-0.15, -0.1) is 0 Å². The largest absolute Gasteiger partial charge is 0.490 e. The number of benzene rings is 1. The fraction of sp³-hybridized carbons (Fsp3) is 0.650. The summed E-state index contributed by atoms with van der Waals surface area (Å²) < 4.78 is 5.78. The summed E-state index contributed by atoms with van der Waals surface area (Å²) in [7, 11) is 0. The van der Waals surface area contributed by atoms with Gasteiger partial charge in [0.05, 0.1) is 17.6 Å². The lowest BCUT2D eigenvalue weighted by Gasteiger charge is -2.56. The zero-order valence-corrected chi connectivity index (χ0v) is 13.9. The molecule has 0 radical (unpaired) electrons. The van der Waals surface area contributed by atoms with Gasteiger partial charge in [-0.2, -0.15) is 0 Å². The van der Waals surface area contributed by atoms with Crippen molar-refractivity contribution in [2.24, 2.45) is 23.2 Å². The minimum absolute atomic E-state index is 0.0624. The lowest BCUT2D eigenvalue weighted by Crippen LogP contribution is -2.55.